The number of nitrogens with one attached hydrogen (secondary N) is 1. The number of pyridine rings is 2. The molecule has 3 aromatic rings. The molecule has 1 N–H and O–H groups in total. The van der Waals surface area contributed by atoms with E-state index < -0.39 is 0 Å². The Bertz CT molecular complexity index is 1070. The molecule has 1 fully saturated rings. The van der Waals surface area contributed by atoms with Gasteiger partial charge in [0.15, 0.2) is 0 Å². The Kier molecular flexibility index (Phi) is 5.79. The molecule has 1 aliphatic heterocycles. The highest BCUT2D eigenvalue weighted by Crippen LogP contribution is 2.32. The van der Waals surface area contributed by atoms with E-state index in [2.05, 4.69) is 25.3 Å². The van der Waals surface area contributed by atoms with Gasteiger partial charge in [-0.3, -0.25) is 9.78 Å². The minimum Gasteiger partial charge on any atom is -0.331 e. The van der Waals surface area contributed by atoms with Gasteiger partial charge >= 0.3 is 0 Å². The summed E-state index contributed by atoms with van der Waals surface area (Å²) in [6.45, 7) is 4.58. The lowest BCUT2D eigenvalue weighted by Crippen LogP contribution is -2.29. The molecule has 4 rings (SSSR count). The van der Waals surface area contributed by atoms with E-state index >= 15 is 0 Å². The molecule has 152 valence electrons. The first-order valence-corrected chi connectivity index (χ1v) is 10.0. The quantitative estimate of drug-likeness (QED) is 0.652. The Labute approximate surface area is 175 Å². The number of rotatable bonds is 5. The zero-order valence-corrected chi connectivity index (χ0v) is 17.1. The van der Waals surface area contributed by atoms with Gasteiger partial charge in [-0.25, -0.2) is 15.0 Å². The molecule has 7 heteroatoms. The van der Waals surface area contributed by atoms with Crippen molar-refractivity contribution in [3.05, 3.63) is 77.6 Å². The van der Waals surface area contributed by atoms with Gasteiger partial charge in [0.05, 0.1) is 11.7 Å². The highest BCUT2D eigenvalue weighted by molar-refractivity contribution is 5.92. The first-order valence-electron chi connectivity index (χ1n) is 10.0. The number of hydrogen-bond acceptors (Lipinski definition) is 6. The van der Waals surface area contributed by atoms with Crippen molar-refractivity contribution in [2.24, 2.45) is 0 Å². The first kappa shape index (κ1) is 19.7. The number of hydrogen-bond donors (Lipinski definition) is 1. The maximum absolute atomic E-state index is 12.9. The van der Waals surface area contributed by atoms with Gasteiger partial charge in [0.1, 0.15) is 17.5 Å². The number of anilines is 2. The number of aromatic nitrogens is 4. The summed E-state index contributed by atoms with van der Waals surface area (Å²) in [7, 11) is 0. The van der Waals surface area contributed by atoms with Crippen LogP contribution < -0.4 is 5.32 Å². The third kappa shape index (κ3) is 4.51. The van der Waals surface area contributed by atoms with Gasteiger partial charge in [0, 0.05) is 37.3 Å². The van der Waals surface area contributed by atoms with Crippen molar-refractivity contribution in [2.75, 3.05) is 11.9 Å². The summed E-state index contributed by atoms with van der Waals surface area (Å²) < 4.78 is 0. The molecule has 0 radical (unpaired) electrons. The molecule has 0 aliphatic carbocycles. The van der Waals surface area contributed by atoms with Gasteiger partial charge in [0.25, 0.3) is 0 Å². The zero-order valence-electron chi connectivity index (χ0n) is 17.1. The standard InChI is InChI=1S/C23H24N6O/c1-16-6-3-12-25-23(16)28-21-14-19(26-17(2)27-21)20-8-5-13-29(20)22(30)10-9-18-7-4-11-24-15-18/h3-4,6-7,9-12,14-15,20H,5,8,13H2,1-2H3,(H,25,26,27,28)/b10-9+/t20-/m1/s1. The van der Waals surface area contributed by atoms with Gasteiger partial charge in [-0.15, -0.1) is 0 Å². The maximum atomic E-state index is 12.9. The van der Waals surface area contributed by atoms with Crippen molar-refractivity contribution in [1.29, 1.82) is 0 Å². The van der Waals surface area contributed by atoms with Crippen LogP contribution in [0.25, 0.3) is 6.08 Å². The molecule has 30 heavy (non-hydrogen) atoms. The molecule has 1 aliphatic rings. The minimum atomic E-state index is -0.0665. The maximum Gasteiger partial charge on any atom is 0.247 e. The monoisotopic (exact) mass is 400 g/mol. The van der Waals surface area contributed by atoms with Crippen LogP contribution in [0, 0.1) is 13.8 Å². The third-order valence-corrected chi connectivity index (χ3v) is 5.09. The molecule has 0 unspecified atom stereocenters. The third-order valence-electron chi connectivity index (χ3n) is 5.09. The van der Waals surface area contributed by atoms with E-state index in [0.29, 0.717) is 18.2 Å². The van der Waals surface area contributed by atoms with Gasteiger partial charge < -0.3 is 10.2 Å². The number of amides is 1. The second-order valence-electron chi connectivity index (χ2n) is 7.33. The van der Waals surface area contributed by atoms with Crippen molar-refractivity contribution in [3.63, 3.8) is 0 Å². The number of carbonyl (C=O) groups excluding carboxylic acids is 1. The van der Waals surface area contributed by atoms with Gasteiger partial charge in [-0.1, -0.05) is 12.1 Å². The molecule has 0 bridgehead atoms. The zero-order chi connectivity index (χ0) is 20.9. The summed E-state index contributed by atoms with van der Waals surface area (Å²) >= 11 is 0. The second-order valence-corrected chi connectivity index (χ2v) is 7.33. The van der Waals surface area contributed by atoms with Crippen LogP contribution in [-0.2, 0) is 4.79 Å². The van der Waals surface area contributed by atoms with Gasteiger partial charge in [-0.2, -0.15) is 0 Å². The van der Waals surface area contributed by atoms with Crippen molar-refractivity contribution >= 4 is 23.6 Å². The van der Waals surface area contributed by atoms with Crippen LogP contribution in [0.5, 0.6) is 0 Å². The van der Waals surface area contributed by atoms with Gasteiger partial charge in [0.2, 0.25) is 5.91 Å². The molecule has 1 amide bonds. The predicted octanol–water partition coefficient (Wildman–Crippen LogP) is 4.00. The minimum absolute atomic E-state index is 0.0206. The highest BCUT2D eigenvalue weighted by atomic mass is 16.2. The van der Waals surface area contributed by atoms with E-state index in [-0.39, 0.29) is 11.9 Å². The molecular weight excluding hydrogens is 376 g/mol. The Morgan fingerprint density at radius 2 is 2.07 bits per heavy atom. The van der Waals surface area contributed by atoms with Crippen LogP contribution in [0.4, 0.5) is 11.6 Å². The molecule has 7 nitrogen and oxygen atoms in total. The molecule has 0 aromatic carbocycles. The van der Waals surface area contributed by atoms with E-state index in [4.69, 9.17) is 0 Å². The van der Waals surface area contributed by atoms with E-state index in [1.807, 2.05) is 49.1 Å². The molecule has 0 spiro atoms. The summed E-state index contributed by atoms with van der Waals surface area (Å²) in [6.07, 6.45) is 10.4. The predicted molar refractivity (Wildman–Crippen MR) is 116 cm³/mol. The normalized spacial score (nSPS) is 16.2. The van der Waals surface area contributed by atoms with Crippen LogP contribution in [0.15, 0.2) is 55.0 Å². The van der Waals surface area contributed by atoms with E-state index in [1.165, 1.54) is 0 Å². The molecular formula is C23H24N6O. The second kappa shape index (κ2) is 8.82. The number of carbonyl (C=O) groups is 1. The van der Waals surface area contributed by atoms with E-state index in [0.717, 1.165) is 35.5 Å². The fourth-order valence-electron chi connectivity index (χ4n) is 3.64. The Balaban J connectivity index is 1.55. The average Bonchev–Trinajstić information content (AvgIpc) is 3.24. The SMILES string of the molecule is Cc1nc(Nc2ncccc2C)cc([C@H]2CCCN2C(=O)/C=C/c2cccnc2)n1. The van der Waals surface area contributed by atoms with Gasteiger partial charge in [-0.05, 0) is 56.0 Å². The fourth-order valence-corrected chi connectivity index (χ4v) is 3.64. The summed E-state index contributed by atoms with van der Waals surface area (Å²) in [5.41, 5.74) is 2.78. The summed E-state index contributed by atoms with van der Waals surface area (Å²) in [5.74, 6) is 2.09. The summed E-state index contributed by atoms with van der Waals surface area (Å²) in [6, 6.07) is 9.52. The van der Waals surface area contributed by atoms with Crippen molar-refractivity contribution in [3.8, 4) is 0 Å². The molecule has 3 aromatic heterocycles. The van der Waals surface area contributed by atoms with Crippen LogP contribution in [0.3, 0.4) is 0 Å². The molecule has 4 heterocycles. The highest BCUT2D eigenvalue weighted by Gasteiger charge is 2.30. The van der Waals surface area contributed by atoms with E-state index in [1.54, 1.807) is 30.7 Å². The fraction of sp³-hybridized carbons (Fsp3) is 0.261. The van der Waals surface area contributed by atoms with Crippen LogP contribution in [0.2, 0.25) is 0 Å². The lowest BCUT2D eigenvalue weighted by Gasteiger charge is -2.23. The summed E-state index contributed by atoms with van der Waals surface area (Å²) in [4.78, 5) is 32.3. The van der Waals surface area contributed by atoms with Crippen molar-refractivity contribution < 1.29 is 4.79 Å². The number of likely N-dealkylation sites (tertiary alicyclic amines) is 1. The number of nitrogens with zero attached hydrogens (tertiary/aromatic N) is 5. The summed E-state index contributed by atoms with van der Waals surface area (Å²) in [5, 5.41) is 3.28. The lowest BCUT2D eigenvalue weighted by atomic mass is 10.1. The molecule has 0 saturated carbocycles. The average molecular weight is 400 g/mol. The van der Waals surface area contributed by atoms with Crippen LogP contribution in [-0.4, -0.2) is 37.3 Å². The van der Waals surface area contributed by atoms with Crippen LogP contribution >= 0.6 is 0 Å². The smallest absolute Gasteiger partial charge is 0.247 e. The van der Waals surface area contributed by atoms with Crippen LogP contribution in [0.1, 0.15) is 41.5 Å². The van der Waals surface area contributed by atoms with Crippen molar-refractivity contribution in [1.82, 2.24) is 24.8 Å². The molecule has 1 atom stereocenters. The van der Waals surface area contributed by atoms with Crippen molar-refractivity contribution in [2.45, 2.75) is 32.7 Å². The lowest BCUT2D eigenvalue weighted by molar-refractivity contribution is -0.126. The Morgan fingerprint density at radius 3 is 2.87 bits per heavy atom. The number of aryl methyl sites for hydroxylation is 2. The van der Waals surface area contributed by atoms with E-state index in [9.17, 15) is 4.79 Å². The Morgan fingerprint density at radius 1 is 1.20 bits per heavy atom. The first-order chi connectivity index (χ1) is 14.6. The topological polar surface area (TPSA) is 83.9 Å². The Hall–Kier alpha value is -3.61. The largest absolute Gasteiger partial charge is 0.331 e. The molecule has 1 saturated heterocycles.